The Labute approximate surface area is 72.0 Å². The van der Waals surface area contributed by atoms with Crippen LogP contribution in [-0.2, 0) is 6.42 Å². The van der Waals surface area contributed by atoms with E-state index in [9.17, 15) is 0 Å². The van der Waals surface area contributed by atoms with E-state index in [0.717, 1.165) is 12.0 Å². The van der Waals surface area contributed by atoms with Crippen LogP contribution >= 0.6 is 0 Å². The fourth-order valence-corrected chi connectivity index (χ4v) is 1.54. The first-order valence-electron chi connectivity index (χ1n) is 4.37. The largest absolute Gasteiger partial charge is 0.464 e. The first-order valence-corrected chi connectivity index (χ1v) is 4.37. The van der Waals surface area contributed by atoms with Crippen molar-refractivity contribution < 1.29 is 4.42 Å². The van der Waals surface area contributed by atoms with Crippen molar-refractivity contribution in [3.63, 3.8) is 0 Å². The second kappa shape index (κ2) is 3.02. The zero-order chi connectivity index (χ0) is 8.39. The van der Waals surface area contributed by atoms with Crippen LogP contribution in [0, 0.1) is 0 Å². The summed E-state index contributed by atoms with van der Waals surface area (Å²) in [6.07, 6.45) is 4.07. The molecule has 1 nitrogen and oxygen atoms in total. The molecule has 0 saturated carbocycles. The number of furan rings is 1. The summed E-state index contributed by atoms with van der Waals surface area (Å²) in [5.41, 5.74) is 2.39. The van der Waals surface area contributed by atoms with Crippen molar-refractivity contribution in [3.05, 3.63) is 36.1 Å². The maximum atomic E-state index is 5.30. The van der Waals surface area contributed by atoms with Gasteiger partial charge in [0.05, 0.1) is 6.26 Å². The molecule has 2 rings (SSSR count). The zero-order valence-corrected chi connectivity index (χ0v) is 7.21. The van der Waals surface area contributed by atoms with Gasteiger partial charge in [-0.15, -0.1) is 0 Å². The van der Waals surface area contributed by atoms with Crippen LogP contribution < -0.4 is 0 Å². The third-order valence-corrected chi connectivity index (χ3v) is 2.11. The van der Waals surface area contributed by atoms with E-state index in [4.69, 9.17) is 4.42 Å². The van der Waals surface area contributed by atoms with E-state index >= 15 is 0 Å². The second-order valence-corrected chi connectivity index (χ2v) is 3.00. The Morgan fingerprint density at radius 1 is 1.25 bits per heavy atom. The summed E-state index contributed by atoms with van der Waals surface area (Å²) in [6, 6.07) is 8.27. The van der Waals surface area contributed by atoms with Gasteiger partial charge in [-0.1, -0.05) is 25.5 Å². The lowest BCUT2D eigenvalue weighted by atomic mass is 10.1. The van der Waals surface area contributed by atoms with Crippen LogP contribution in [0.5, 0.6) is 0 Å². The van der Waals surface area contributed by atoms with Crippen LogP contribution in [0.4, 0.5) is 0 Å². The molecule has 1 heterocycles. The van der Waals surface area contributed by atoms with Gasteiger partial charge in [0.15, 0.2) is 0 Å². The summed E-state index contributed by atoms with van der Waals surface area (Å²) < 4.78 is 5.30. The number of aryl methyl sites for hydroxylation is 1. The molecule has 0 aliphatic rings. The van der Waals surface area contributed by atoms with Gasteiger partial charge >= 0.3 is 0 Å². The minimum absolute atomic E-state index is 1.00. The minimum atomic E-state index is 1.00. The first-order chi connectivity index (χ1) is 5.92. The van der Waals surface area contributed by atoms with E-state index in [2.05, 4.69) is 19.1 Å². The Hall–Kier alpha value is -1.24. The summed E-state index contributed by atoms with van der Waals surface area (Å²) in [5, 5.41) is 1.26. The van der Waals surface area contributed by atoms with Crippen LogP contribution in [0.3, 0.4) is 0 Å². The lowest BCUT2D eigenvalue weighted by molar-refractivity contribution is 0.615. The van der Waals surface area contributed by atoms with E-state index < -0.39 is 0 Å². The number of rotatable bonds is 2. The highest BCUT2D eigenvalue weighted by Crippen LogP contribution is 2.20. The van der Waals surface area contributed by atoms with Crippen molar-refractivity contribution >= 4 is 11.0 Å². The molecule has 0 bridgehead atoms. The lowest BCUT2D eigenvalue weighted by Gasteiger charge is -1.98. The third kappa shape index (κ3) is 1.11. The fourth-order valence-electron chi connectivity index (χ4n) is 1.54. The van der Waals surface area contributed by atoms with Gasteiger partial charge in [0.2, 0.25) is 0 Å². The van der Waals surface area contributed by atoms with Gasteiger partial charge in [0, 0.05) is 5.39 Å². The predicted molar refractivity (Wildman–Crippen MR) is 50.2 cm³/mol. The highest BCUT2D eigenvalue weighted by molar-refractivity contribution is 5.80. The second-order valence-electron chi connectivity index (χ2n) is 3.00. The summed E-state index contributed by atoms with van der Waals surface area (Å²) >= 11 is 0. The van der Waals surface area contributed by atoms with E-state index in [1.54, 1.807) is 6.26 Å². The number of hydrogen-bond donors (Lipinski definition) is 0. The maximum absolute atomic E-state index is 5.30. The molecule has 62 valence electrons. The lowest BCUT2D eigenvalue weighted by Crippen LogP contribution is -1.82. The molecule has 0 saturated heterocycles. The zero-order valence-electron chi connectivity index (χ0n) is 7.21. The molecule has 12 heavy (non-hydrogen) atoms. The molecule has 0 amide bonds. The van der Waals surface area contributed by atoms with Gasteiger partial charge in [-0.05, 0) is 24.1 Å². The molecule has 0 N–H and O–H groups in total. The number of benzene rings is 1. The molecule has 0 aliphatic carbocycles. The van der Waals surface area contributed by atoms with Gasteiger partial charge < -0.3 is 4.42 Å². The molecule has 0 unspecified atom stereocenters. The molecule has 0 fully saturated rings. The number of hydrogen-bond acceptors (Lipinski definition) is 1. The van der Waals surface area contributed by atoms with E-state index in [0.29, 0.717) is 0 Å². The quantitative estimate of drug-likeness (QED) is 0.656. The van der Waals surface area contributed by atoms with Crippen molar-refractivity contribution in [1.82, 2.24) is 0 Å². The number of fused-ring (bicyclic) bond motifs is 1. The molecular weight excluding hydrogens is 148 g/mol. The Balaban J connectivity index is 2.57. The van der Waals surface area contributed by atoms with Crippen molar-refractivity contribution in [2.75, 3.05) is 0 Å². The minimum Gasteiger partial charge on any atom is -0.464 e. The summed E-state index contributed by atoms with van der Waals surface area (Å²) in [7, 11) is 0. The van der Waals surface area contributed by atoms with Crippen LogP contribution in [-0.4, -0.2) is 0 Å². The molecule has 0 spiro atoms. The standard InChI is InChI=1S/C11H12O/c1-2-4-9-5-3-6-11-10(9)7-8-12-11/h3,5-8H,2,4H2,1H3. The average Bonchev–Trinajstić information content (AvgIpc) is 2.53. The maximum Gasteiger partial charge on any atom is 0.134 e. The molecule has 1 heteroatoms. The molecule has 0 aliphatic heterocycles. The smallest absolute Gasteiger partial charge is 0.134 e. The molecular formula is C11H12O. The van der Waals surface area contributed by atoms with Crippen molar-refractivity contribution in [3.8, 4) is 0 Å². The Kier molecular flexibility index (Phi) is 1.86. The van der Waals surface area contributed by atoms with Gasteiger partial charge in [-0.25, -0.2) is 0 Å². The molecule has 0 radical (unpaired) electrons. The molecule has 2 aromatic rings. The van der Waals surface area contributed by atoms with Crippen LogP contribution in [0.2, 0.25) is 0 Å². The van der Waals surface area contributed by atoms with Gasteiger partial charge in [-0.3, -0.25) is 0 Å². The van der Waals surface area contributed by atoms with Crippen molar-refractivity contribution in [2.45, 2.75) is 19.8 Å². The van der Waals surface area contributed by atoms with Gasteiger partial charge in [-0.2, -0.15) is 0 Å². The summed E-state index contributed by atoms with van der Waals surface area (Å²) in [5.74, 6) is 0. The molecule has 1 aromatic carbocycles. The first kappa shape index (κ1) is 7.41. The Morgan fingerprint density at radius 3 is 3.00 bits per heavy atom. The Morgan fingerprint density at radius 2 is 2.17 bits per heavy atom. The predicted octanol–water partition coefficient (Wildman–Crippen LogP) is 3.39. The summed E-state index contributed by atoms with van der Waals surface area (Å²) in [6.45, 7) is 2.19. The average molecular weight is 160 g/mol. The van der Waals surface area contributed by atoms with Gasteiger partial charge in [0.25, 0.3) is 0 Å². The SMILES string of the molecule is CCCc1cccc2occc12. The van der Waals surface area contributed by atoms with Crippen LogP contribution in [0.25, 0.3) is 11.0 Å². The van der Waals surface area contributed by atoms with E-state index in [1.807, 2.05) is 12.1 Å². The normalized spacial score (nSPS) is 10.8. The third-order valence-electron chi connectivity index (χ3n) is 2.11. The van der Waals surface area contributed by atoms with Crippen molar-refractivity contribution in [2.24, 2.45) is 0 Å². The Bertz CT molecular complexity index is 373. The molecule has 1 aromatic heterocycles. The highest BCUT2D eigenvalue weighted by atomic mass is 16.3. The van der Waals surface area contributed by atoms with E-state index in [1.165, 1.54) is 17.4 Å². The fraction of sp³-hybridized carbons (Fsp3) is 0.273. The van der Waals surface area contributed by atoms with Crippen molar-refractivity contribution in [1.29, 1.82) is 0 Å². The topological polar surface area (TPSA) is 13.1 Å². The highest BCUT2D eigenvalue weighted by Gasteiger charge is 2.00. The van der Waals surface area contributed by atoms with Crippen LogP contribution in [0.1, 0.15) is 18.9 Å². The summed E-state index contributed by atoms with van der Waals surface area (Å²) in [4.78, 5) is 0. The monoisotopic (exact) mass is 160 g/mol. The van der Waals surface area contributed by atoms with Gasteiger partial charge in [0.1, 0.15) is 5.58 Å². The van der Waals surface area contributed by atoms with Crippen LogP contribution in [0.15, 0.2) is 34.9 Å². The molecule has 0 atom stereocenters. The van der Waals surface area contributed by atoms with E-state index in [-0.39, 0.29) is 0 Å².